The molecule has 0 aliphatic rings. The molecule has 3 aromatic heterocycles. The van der Waals surface area contributed by atoms with Crippen LogP contribution in [-0.2, 0) is 26.1 Å². The van der Waals surface area contributed by atoms with E-state index in [9.17, 15) is 22.8 Å². The first-order chi connectivity index (χ1) is 18.6. The number of carbonyl (C=O) groups is 1. The van der Waals surface area contributed by atoms with Crippen LogP contribution in [0.3, 0.4) is 0 Å². The Morgan fingerprint density at radius 3 is 2.54 bits per heavy atom. The SMILES string of the molecule is Cc1ccc(NC(=O)c2cccc(C(F)(F)F)c2)cc1-c1cc2cnc(CCc3c[nH]cn3)cc2n(C)c1=O. The molecule has 0 fully saturated rings. The summed E-state index contributed by atoms with van der Waals surface area (Å²) >= 11 is 0. The second kappa shape index (κ2) is 10.2. The van der Waals surface area contributed by atoms with Gasteiger partial charge < -0.3 is 14.9 Å². The number of fused-ring (bicyclic) bond motifs is 1. The quantitative estimate of drug-likeness (QED) is 0.295. The maximum absolute atomic E-state index is 13.4. The Balaban J connectivity index is 1.44. The fourth-order valence-corrected chi connectivity index (χ4v) is 4.45. The number of amides is 1. The Morgan fingerprint density at radius 1 is 1.00 bits per heavy atom. The average Bonchev–Trinajstić information content (AvgIpc) is 3.44. The van der Waals surface area contributed by atoms with Crippen LogP contribution >= 0.6 is 0 Å². The van der Waals surface area contributed by atoms with Gasteiger partial charge in [0.15, 0.2) is 0 Å². The molecule has 198 valence electrons. The smallest absolute Gasteiger partial charge is 0.351 e. The number of nitrogens with one attached hydrogen (secondary N) is 2. The highest BCUT2D eigenvalue weighted by Crippen LogP contribution is 2.30. The van der Waals surface area contributed by atoms with Crippen LogP contribution in [0.2, 0.25) is 0 Å². The summed E-state index contributed by atoms with van der Waals surface area (Å²) < 4.78 is 40.8. The number of imidazole rings is 1. The predicted octanol–water partition coefficient (Wildman–Crippen LogP) is 5.69. The third-order valence-corrected chi connectivity index (χ3v) is 6.59. The van der Waals surface area contributed by atoms with Gasteiger partial charge in [-0.25, -0.2) is 4.98 Å². The number of nitrogens with zero attached hydrogens (tertiary/aromatic N) is 3. The van der Waals surface area contributed by atoms with Gasteiger partial charge in [0, 0.05) is 47.3 Å². The lowest BCUT2D eigenvalue weighted by Gasteiger charge is -2.14. The van der Waals surface area contributed by atoms with Crippen LogP contribution in [0, 0.1) is 6.92 Å². The number of aryl methyl sites for hydroxylation is 4. The van der Waals surface area contributed by atoms with Gasteiger partial charge in [-0.05, 0) is 73.4 Å². The first-order valence-corrected chi connectivity index (χ1v) is 12.2. The molecule has 0 aliphatic carbocycles. The van der Waals surface area contributed by atoms with E-state index in [1.807, 2.05) is 19.2 Å². The number of alkyl halides is 3. The van der Waals surface area contributed by atoms with Crippen molar-refractivity contribution in [3.8, 4) is 11.1 Å². The van der Waals surface area contributed by atoms with E-state index >= 15 is 0 Å². The minimum Gasteiger partial charge on any atom is -0.351 e. The largest absolute Gasteiger partial charge is 0.416 e. The van der Waals surface area contributed by atoms with Gasteiger partial charge in [0.2, 0.25) is 0 Å². The molecule has 7 nitrogen and oxygen atoms in total. The Morgan fingerprint density at radius 2 is 1.79 bits per heavy atom. The van der Waals surface area contributed by atoms with Crippen molar-refractivity contribution in [1.29, 1.82) is 0 Å². The lowest BCUT2D eigenvalue weighted by Crippen LogP contribution is -2.20. The van der Waals surface area contributed by atoms with E-state index in [-0.39, 0.29) is 11.1 Å². The van der Waals surface area contributed by atoms with Gasteiger partial charge in [-0.2, -0.15) is 13.2 Å². The highest BCUT2D eigenvalue weighted by atomic mass is 19.4. The van der Waals surface area contributed by atoms with Crippen molar-refractivity contribution in [2.24, 2.45) is 7.05 Å². The zero-order valence-corrected chi connectivity index (χ0v) is 21.1. The van der Waals surface area contributed by atoms with Crippen LogP contribution < -0.4 is 10.9 Å². The van der Waals surface area contributed by atoms with Crippen molar-refractivity contribution in [3.05, 3.63) is 112 Å². The molecule has 2 N–H and O–H groups in total. The van der Waals surface area contributed by atoms with Crippen LogP contribution in [-0.4, -0.2) is 25.4 Å². The first kappa shape index (κ1) is 25.9. The fraction of sp³-hybridized carbons (Fsp3) is 0.172. The number of pyridine rings is 2. The maximum Gasteiger partial charge on any atom is 0.416 e. The van der Waals surface area contributed by atoms with Crippen LogP contribution in [0.4, 0.5) is 18.9 Å². The van der Waals surface area contributed by atoms with Gasteiger partial charge in [-0.1, -0.05) is 12.1 Å². The van der Waals surface area contributed by atoms with Crippen molar-refractivity contribution in [1.82, 2.24) is 19.5 Å². The van der Waals surface area contributed by atoms with E-state index in [0.717, 1.165) is 40.0 Å². The van der Waals surface area contributed by atoms with Gasteiger partial charge in [0.05, 0.1) is 23.1 Å². The fourth-order valence-electron chi connectivity index (χ4n) is 4.45. The van der Waals surface area contributed by atoms with E-state index in [1.54, 1.807) is 48.4 Å². The van der Waals surface area contributed by atoms with Crippen molar-refractivity contribution >= 4 is 22.5 Å². The van der Waals surface area contributed by atoms with Gasteiger partial charge in [-0.3, -0.25) is 14.6 Å². The lowest BCUT2D eigenvalue weighted by atomic mass is 9.99. The molecule has 0 spiro atoms. The normalized spacial score (nSPS) is 11.6. The molecule has 0 atom stereocenters. The Labute approximate surface area is 221 Å². The monoisotopic (exact) mass is 531 g/mol. The zero-order valence-electron chi connectivity index (χ0n) is 21.1. The zero-order chi connectivity index (χ0) is 27.7. The summed E-state index contributed by atoms with van der Waals surface area (Å²) in [5.74, 6) is -0.686. The molecule has 1 amide bonds. The van der Waals surface area contributed by atoms with Gasteiger partial charge in [0.25, 0.3) is 11.5 Å². The molecule has 3 heterocycles. The number of carbonyl (C=O) groups excluding carboxylic acids is 1. The van der Waals surface area contributed by atoms with E-state index in [2.05, 4.69) is 20.3 Å². The Kier molecular flexibility index (Phi) is 6.78. The molecular formula is C29H24F3N5O2. The maximum atomic E-state index is 13.4. The first-order valence-electron chi connectivity index (χ1n) is 12.2. The van der Waals surface area contributed by atoms with Crippen LogP contribution in [0.15, 0.2) is 78.1 Å². The van der Waals surface area contributed by atoms with Crippen LogP contribution in [0.5, 0.6) is 0 Å². The number of hydrogen-bond donors (Lipinski definition) is 2. The molecule has 0 bridgehead atoms. The van der Waals surface area contributed by atoms with E-state index < -0.39 is 17.6 Å². The van der Waals surface area contributed by atoms with Crippen LogP contribution in [0.25, 0.3) is 22.0 Å². The number of benzene rings is 2. The summed E-state index contributed by atoms with van der Waals surface area (Å²) in [4.78, 5) is 37.8. The van der Waals surface area contributed by atoms with E-state index in [4.69, 9.17) is 0 Å². The standard InChI is InChI=1S/C29H24F3N5O2/c1-17-6-7-22(36-27(38)18-4-3-5-20(10-18)29(30,31)32)12-24(17)25-11-19-14-34-21(8-9-23-15-33-16-35-23)13-26(19)37(2)28(25)39/h3-7,10-16H,8-9H2,1-2H3,(H,33,35)(H,36,38). The molecule has 0 radical (unpaired) electrons. The van der Waals surface area contributed by atoms with E-state index in [0.29, 0.717) is 29.7 Å². The number of H-pyrrole nitrogens is 1. The molecule has 5 aromatic rings. The average molecular weight is 532 g/mol. The van der Waals surface area contributed by atoms with Gasteiger partial charge >= 0.3 is 6.18 Å². The minimum absolute atomic E-state index is 0.122. The molecule has 0 aliphatic heterocycles. The topological polar surface area (TPSA) is 92.7 Å². The summed E-state index contributed by atoms with van der Waals surface area (Å²) in [5, 5.41) is 3.42. The molecule has 2 aromatic carbocycles. The second-order valence-electron chi connectivity index (χ2n) is 9.28. The lowest BCUT2D eigenvalue weighted by molar-refractivity contribution is -0.137. The van der Waals surface area contributed by atoms with E-state index in [1.165, 1.54) is 12.1 Å². The molecule has 0 saturated carbocycles. The Hall–Kier alpha value is -4.73. The summed E-state index contributed by atoms with van der Waals surface area (Å²) in [6.45, 7) is 1.84. The third-order valence-electron chi connectivity index (χ3n) is 6.59. The van der Waals surface area contributed by atoms with Crippen molar-refractivity contribution < 1.29 is 18.0 Å². The summed E-state index contributed by atoms with van der Waals surface area (Å²) in [7, 11) is 1.69. The predicted molar refractivity (Wildman–Crippen MR) is 143 cm³/mol. The second-order valence-corrected chi connectivity index (χ2v) is 9.28. The molecule has 10 heteroatoms. The molecule has 0 unspecified atom stereocenters. The number of aromatic nitrogens is 4. The summed E-state index contributed by atoms with van der Waals surface area (Å²) in [5.41, 5.74) is 3.42. The van der Waals surface area contributed by atoms with Crippen molar-refractivity contribution in [3.63, 3.8) is 0 Å². The molecular weight excluding hydrogens is 507 g/mol. The summed E-state index contributed by atoms with van der Waals surface area (Å²) in [6.07, 6.45) is 2.02. The minimum atomic E-state index is -4.56. The number of anilines is 1. The highest BCUT2D eigenvalue weighted by Gasteiger charge is 2.31. The third kappa shape index (κ3) is 5.45. The molecule has 0 saturated heterocycles. The van der Waals surface area contributed by atoms with Crippen LogP contribution in [0.1, 0.15) is 32.9 Å². The molecule has 39 heavy (non-hydrogen) atoms. The number of aromatic amines is 1. The summed E-state index contributed by atoms with van der Waals surface area (Å²) in [6, 6.07) is 12.9. The Bertz CT molecular complexity index is 1740. The van der Waals surface area contributed by atoms with Gasteiger partial charge in [0.1, 0.15) is 0 Å². The number of hydrogen-bond acceptors (Lipinski definition) is 4. The number of rotatable bonds is 6. The van der Waals surface area contributed by atoms with Gasteiger partial charge in [-0.15, -0.1) is 0 Å². The number of halogens is 3. The van der Waals surface area contributed by atoms with Crippen molar-refractivity contribution in [2.75, 3.05) is 5.32 Å². The molecule has 5 rings (SSSR count). The van der Waals surface area contributed by atoms with Crippen molar-refractivity contribution in [2.45, 2.75) is 25.9 Å². The highest BCUT2D eigenvalue weighted by molar-refractivity contribution is 6.04.